The molecule has 1 saturated heterocycles. The van der Waals surface area contributed by atoms with Crippen LogP contribution in [0.25, 0.3) is 0 Å². The molecular formula is C10H12Cl2N2O3S. The van der Waals surface area contributed by atoms with Crippen molar-refractivity contribution in [3.8, 4) is 0 Å². The molecule has 100 valence electrons. The number of ether oxygens (including phenoxy) is 2. The van der Waals surface area contributed by atoms with E-state index in [0.29, 0.717) is 18.0 Å². The Kier molecular flexibility index (Phi) is 4.13. The average molecular weight is 311 g/mol. The van der Waals surface area contributed by atoms with E-state index in [9.17, 15) is 4.79 Å². The van der Waals surface area contributed by atoms with Gasteiger partial charge in [0.2, 0.25) is 0 Å². The molecule has 0 radical (unpaired) electrons. The fraction of sp³-hybridized carbons (Fsp3) is 0.600. The molecule has 0 aliphatic carbocycles. The van der Waals surface area contributed by atoms with E-state index in [-0.39, 0.29) is 22.2 Å². The third-order valence-corrected chi connectivity index (χ3v) is 4.16. The first kappa shape index (κ1) is 14.0. The SMILES string of the molecule is CC1(C)OCC(CNC(=O)c2snc(Cl)c2Cl)O1. The Hall–Kier alpha value is -0.400. The van der Waals surface area contributed by atoms with Gasteiger partial charge in [0.1, 0.15) is 16.0 Å². The third kappa shape index (κ3) is 3.13. The minimum atomic E-state index is -0.596. The van der Waals surface area contributed by atoms with Gasteiger partial charge in [-0.1, -0.05) is 23.2 Å². The summed E-state index contributed by atoms with van der Waals surface area (Å²) in [5, 5.41) is 3.05. The zero-order valence-corrected chi connectivity index (χ0v) is 12.2. The Morgan fingerprint density at radius 1 is 1.61 bits per heavy atom. The standard InChI is InChI=1S/C10H12Cl2N2O3S/c1-10(2)16-4-5(17-10)3-13-9(15)7-6(11)8(12)14-18-7/h5H,3-4H2,1-2H3,(H,13,15). The van der Waals surface area contributed by atoms with Gasteiger partial charge in [-0.05, 0) is 25.4 Å². The van der Waals surface area contributed by atoms with Crippen LogP contribution in [0.15, 0.2) is 0 Å². The smallest absolute Gasteiger partial charge is 0.264 e. The van der Waals surface area contributed by atoms with E-state index >= 15 is 0 Å². The molecule has 1 atom stereocenters. The molecule has 1 fully saturated rings. The first-order chi connectivity index (χ1) is 8.39. The largest absolute Gasteiger partial charge is 0.349 e. The van der Waals surface area contributed by atoms with Crippen molar-refractivity contribution in [1.82, 2.24) is 9.69 Å². The molecule has 1 N–H and O–H groups in total. The topological polar surface area (TPSA) is 60.5 Å². The molecule has 18 heavy (non-hydrogen) atoms. The lowest BCUT2D eigenvalue weighted by atomic mass is 10.3. The van der Waals surface area contributed by atoms with Crippen molar-refractivity contribution in [2.45, 2.75) is 25.7 Å². The summed E-state index contributed by atoms with van der Waals surface area (Å²) in [5.74, 6) is -0.904. The van der Waals surface area contributed by atoms with Crippen molar-refractivity contribution >= 4 is 40.6 Å². The lowest BCUT2D eigenvalue weighted by molar-refractivity contribution is -0.137. The maximum absolute atomic E-state index is 11.8. The first-order valence-corrected chi connectivity index (χ1v) is 6.82. The van der Waals surface area contributed by atoms with Crippen LogP contribution >= 0.6 is 34.7 Å². The lowest BCUT2D eigenvalue weighted by Crippen LogP contribution is -2.34. The van der Waals surface area contributed by atoms with Gasteiger partial charge in [-0.2, -0.15) is 4.37 Å². The van der Waals surface area contributed by atoms with Gasteiger partial charge >= 0.3 is 0 Å². The molecule has 2 rings (SSSR count). The van der Waals surface area contributed by atoms with Crippen LogP contribution in [0.3, 0.4) is 0 Å². The fourth-order valence-corrected chi connectivity index (χ4v) is 2.68. The van der Waals surface area contributed by atoms with Crippen LogP contribution in [0.4, 0.5) is 0 Å². The molecule has 0 bridgehead atoms. The molecule has 2 heterocycles. The Labute approximate surface area is 119 Å². The second kappa shape index (κ2) is 5.30. The molecule has 0 aromatic carbocycles. The molecule has 1 aromatic rings. The molecule has 5 nitrogen and oxygen atoms in total. The highest BCUT2D eigenvalue weighted by Gasteiger charge is 2.32. The minimum Gasteiger partial charge on any atom is -0.349 e. The fourth-order valence-electron chi connectivity index (χ4n) is 1.55. The van der Waals surface area contributed by atoms with Crippen LogP contribution in [-0.4, -0.2) is 35.3 Å². The summed E-state index contributed by atoms with van der Waals surface area (Å²) in [6.07, 6.45) is -0.161. The number of halogens is 2. The summed E-state index contributed by atoms with van der Waals surface area (Å²) in [4.78, 5) is 12.1. The first-order valence-electron chi connectivity index (χ1n) is 5.30. The van der Waals surface area contributed by atoms with Crippen LogP contribution in [0, 0.1) is 0 Å². The summed E-state index contributed by atoms with van der Waals surface area (Å²) in [7, 11) is 0. The number of aromatic nitrogens is 1. The highest BCUT2D eigenvalue weighted by Crippen LogP contribution is 2.28. The van der Waals surface area contributed by atoms with Gasteiger partial charge in [0.25, 0.3) is 5.91 Å². The summed E-state index contributed by atoms with van der Waals surface area (Å²) in [5.41, 5.74) is 0. The number of carbonyl (C=O) groups is 1. The highest BCUT2D eigenvalue weighted by atomic mass is 35.5. The van der Waals surface area contributed by atoms with Crippen LogP contribution in [0.5, 0.6) is 0 Å². The Morgan fingerprint density at radius 2 is 2.33 bits per heavy atom. The second-order valence-corrected chi connectivity index (χ2v) is 5.79. The van der Waals surface area contributed by atoms with Gasteiger partial charge < -0.3 is 14.8 Å². The van der Waals surface area contributed by atoms with E-state index in [0.717, 1.165) is 11.5 Å². The zero-order chi connectivity index (χ0) is 13.3. The predicted octanol–water partition coefficient (Wildman–Crippen LogP) is 2.33. The van der Waals surface area contributed by atoms with E-state index < -0.39 is 5.79 Å². The Morgan fingerprint density at radius 3 is 2.83 bits per heavy atom. The normalized spacial score (nSPS) is 22.1. The van der Waals surface area contributed by atoms with Crippen molar-refractivity contribution in [1.29, 1.82) is 0 Å². The third-order valence-electron chi connectivity index (χ3n) is 2.36. The van der Waals surface area contributed by atoms with E-state index in [1.165, 1.54) is 0 Å². The van der Waals surface area contributed by atoms with Gasteiger partial charge in [-0.25, -0.2) is 0 Å². The number of hydrogen-bond acceptors (Lipinski definition) is 5. The van der Waals surface area contributed by atoms with Gasteiger partial charge in [0.05, 0.1) is 6.61 Å². The van der Waals surface area contributed by atoms with E-state index in [1.54, 1.807) is 0 Å². The summed E-state index contributed by atoms with van der Waals surface area (Å²) >= 11 is 12.5. The number of nitrogens with one attached hydrogen (secondary N) is 1. The number of hydrogen-bond donors (Lipinski definition) is 1. The second-order valence-electron chi connectivity index (χ2n) is 4.28. The predicted molar refractivity (Wildman–Crippen MR) is 69.4 cm³/mol. The molecule has 1 aliphatic rings. The minimum absolute atomic E-state index is 0.147. The van der Waals surface area contributed by atoms with Crippen molar-refractivity contribution in [3.05, 3.63) is 15.1 Å². The van der Waals surface area contributed by atoms with Crippen molar-refractivity contribution in [3.63, 3.8) is 0 Å². The Balaban J connectivity index is 1.88. The van der Waals surface area contributed by atoms with Crippen LogP contribution in [0.1, 0.15) is 23.5 Å². The molecular weight excluding hydrogens is 299 g/mol. The molecule has 1 aromatic heterocycles. The molecule has 1 amide bonds. The van der Waals surface area contributed by atoms with Gasteiger partial charge in [0, 0.05) is 6.54 Å². The summed E-state index contributed by atoms with van der Waals surface area (Å²) in [6.45, 7) is 4.46. The molecule has 8 heteroatoms. The van der Waals surface area contributed by atoms with Crippen LogP contribution in [0.2, 0.25) is 10.2 Å². The lowest BCUT2D eigenvalue weighted by Gasteiger charge is -2.17. The molecule has 0 saturated carbocycles. The van der Waals surface area contributed by atoms with Gasteiger partial charge in [-0.3, -0.25) is 4.79 Å². The number of nitrogens with zero attached hydrogens (tertiary/aromatic N) is 1. The average Bonchev–Trinajstić information content (AvgIpc) is 2.80. The zero-order valence-electron chi connectivity index (χ0n) is 9.83. The van der Waals surface area contributed by atoms with Crippen LogP contribution in [-0.2, 0) is 9.47 Å². The molecule has 0 spiro atoms. The maximum atomic E-state index is 11.8. The molecule has 1 aliphatic heterocycles. The highest BCUT2D eigenvalue weighted by molar-refractivity contribution is 7.09. The van der Waals surface area contributed by atoms with E-state index in [4.69, 9.17) is 32.7 Å². The number of rotatable bonds is 3. The number of carbonyl (C=O) groups excluding carboxylic acids is 1. The summed E-state index contributed by atoms with van der Waals surface area (Å²) in [6, 6.07) is 0. The number of amides is 1. The van der Waals surface area contributed by atoms with Gasteiger partial charge in [-0.15, -0.1) is 0 Å². The Bertz CT molecular complexity index is 464. The quantitative estimate of drug-likeness (QED) is 0.931. The van der Waals surface area contributed by atoms with Crippen molar-refractivity contribution in [2.75, 3.05) is 13.2 Å². The maximum Gasteiger partial charge on any atom is 0.264 e. The van der Waals surface area contributed by atoms with E-state index in [2.05, 4.69) is 9.69 Å². The van der Waals surface area contributed by atoms with Crippen molar-refractivity contribution in [2.24, 2.45) is 0 Å². The van der Waals surface area contributed by atoms with E-state index in [1.807, 2.05) is 13.8 Å². The monoisotopic (exact) mass is 310 g/mol. The van der Waals surface area contributed by atoms with Crippen molar-refractivity contribution < 1.29 is 14.3 Å². The summed E-state index contributed by atoms with van der Waals surface area (Å²) < 4.78 is 14.7. The molecule has 1 unspecified atom stereocenters. The van der Waals surface area contributed by atoms with Crippen LogP contribution < -0.4 is 5.32 Å². The van der Waals surface area contributed by atoms with Gasteiger partial charge in [0.15, 0.2) is 10.9 Å².